The number of hydrogen-bond donors (Lipinski definition) is 1. The average Bonchev–Trinajstić information content (AvgIpc) is 2.15. The molecule has 0 amide bonds. The molecule has 2 nitrogen and oxygen atoms in total. The van der Waals surface area contributed by atoms with Crippen molar-refractivity contribution in [1.29, 1.82) is 0 Å². The molecule has 1 aromatic carbocycles. The third kappa shape index (κ3) is 3.20. The summed E-state index contributed by atoms with van der Waals surface area (Å²) in [4.78, 5) is 0. The van der Waals surface area contributed by atoms with Crippen molar-refractivity contribution in [3.05, 3.63) is 28.8 Å². The molecule has 0 aromatic heterocycles. The van der Waals surface area contributed by atoms with Crippen LogP contribution in [0.2, 0.25) is 5.02 Å². The van der Waals surface area contributed by atoms with E-state index in [9.17, 15) is 0 Å². The van der Waals surface area contributed by atoms with Crippen LogP contribution >= 0.6 is 11.6 Å². The molecule has 1 atom stereocenters. The first-order valence-electron chi connectivity index (χ1n) is 4.71. The maximum Gasteiger partial charge on any atom is 0.123 e. The lowest BCUT2D eigenvalue weighted by Crippen LogP contribution is -2.15. The van der Waals surface area contributed by atoms with E-state index in [1.165, 1.54) is 0 Å². The summed E-state index contributed by atoms with van der Waals surface area (Å²) in [5.41, 5.74) is 6.86. The molecule has 14 heavy (non-hydrogen) atoms. The van der Waals surface area contributed by atoms with Gasteiger partial charge in [0.2, 0.25) is 0 Å². The molecule has 1 unspecified atom stereocenters. The minimum absolute atomic E-state index is 0.218. The lowest BCUT2D eigenvalue weighted by Gasteiger charge is -2.10. The molecule has 0 radical (unpaired) electrons. The maximum absolute atomic E-state index is 5.85. The van der Waals surface area contributed by atoms with Crippen LogP contribution in [0.15, 0.2) is 18.2 Å². The van der Waals surface area contributed by atoms with Gasteiger partial charge in [-0.1, -0.05) is 17.7 Å². The number of halogens is 1. The van der Waals surface area contributed by atoms with Gasteiger partial charge in [0, 0.05) is 11.1 Å². The summed E-state index contributed by atoms with van der Waals surface area (Å²) in [5.74, 6) is 0.846. The van der Waals surface area contributed by atoms with E-state index in [1.54, 1.807) is 7.11 Å². The maximum atomic E-state index is 5.85. The van der Waals surface area contributed by atoms with E-state index < -0.39 is 0 Å². The van der Waals surface area contributed by atoms with Crippen molar-refractivity contribution in [2.24, 2.45) is 5.73 Å². The molecular formula is C11H16ClNO. The normalized spacial score (nSPS) is 12.6. The molecule has 0 aliphatic carbocycles. The van der Waals surface area contributed by atoms with Crippen molar-refractivity contribution >= 4 is 11.6 Å². The molecule has 0 bridgehead atoms. The predicted octanol–water partition coefficient (Wildman–Crippen LogP) is 2.63. The largest absolute Gasteiger partial charge is 0.496 e. The third-order valence-electron chi connectivity index (χ3n) is 2.12. The minimum Gasteiger partial charge on any atom is -0.496 e. The van der Waals surface area contributed by atoms with Gasteiger partial charge in [0.05, 0.1) is 7.11 Å². The zero-order valence-electron chi connectivity index (χ0n) is 8.59. The number of ether oxygens (including phenoxy) is 1. The van der Waals surface area contributed by atoms with Crippen molar-refractivity contribution in [3.63, 3.8) is 0 Å². The topological polar surface area (TPSA) is 35.2 Å². The van der Waals surface area contributed by atoms with Gasteiger partial charge in [-0.25, -0.2) is 0 Å². The van der Waals surface area contributed by atoms with Gasteiger partial charge in [-0.3, -0.25) is 0 Å². The van der Waals surface area contributed by atoms with Crippen molar-refractivity contribution in [3.8, 4) is 5.75 Å². The van der Waals surface area contributed by atoms with E-state index in [4.69, 9.17) is 22.1 Å². The highest BCUT2D eigenvalue weighted by atomic mass is 35.5. The monoisotopic (exact) mass is 213 g/mol. The fourth-order valence-corrected chi connectivity index (χ4v) is 1.47. The number of methoxy groups -OCH3 is 1. The number of rotatable bonds is 4. The molecular weight excluding hydrogens is 198 g/mol. The lowest BCUT2D eigenvalue weighted by molar-refractivity contribution is 0.408. The lowest BCUT2D eigenvalue weighted by atomic mass is 10.1. The van der Waals surface area contributed by atoms with Gasteiger partial charge in [0.15, 0.2) is 0 Å². The van der Waals surface area contributed by atoms with Crippen LogP contribution in [0.5, 0.6) is 5.75 Å². The number of aryl methyl sites for hydroxylation is 1. The van der Waals surface area contributed by atoms with Crippen LogP contribution in [0, 0.1) is 0 Å². The molecule has 0 saturated carbocycles. The Morgan fingerprint density at radius 3 is 2.79 bits per heavy atom. The van der Waals surface area contributed by atoms with Crippen molar-refractivity contribution in [1.82, 2.24) is 0 Å². The molecule has 78 valence electrons. The Hall–Kier alpha value is -0.730. The van der Waals surface area contributed by atoms with Gasteiger partial charge in [0.25, 0.3) is 0 Å². The van der Waals surface area contributed by atoms with Gasteiger partial charge in [-0.05, 0) is 37.5 Å². The van der Waals surface area contributed by atoms with Gasteiger partial charge in [0.1, 0.15) is 5.75 Å². The Bertz CT molecular complexity index is 299. The second kappa shape index (κ2) is 5.23. The highest BCUT2D eigenvalue weighted by Crippen LogP contribution is 2.24. The predicted molar refractivity (Wildman–Crippen MR) is 60.0 cm³/mol. The Morgan fingerprint density at radius 1 is 1.50 bits per heavy atom. The van der Waals surface area contributed by atoms with Gasteiger partial charge < -0.3 is 10.5 Å². The van der Waals surface area contributed by atoms with Crippen LogP contribution in [-0.4, -0.2) is 13.2 Å². The van der Waals surface area contributed by atoms with Crippen LogP contribution in [-0.2, 0) is 6.42 Å². The molecule has 0 aliphatic heterocycles. The van der Waals surface area contributed by atoms with Crippen LogP contribution in [0.1, 0.15) is 18.9 Å². The molecule has 0 spiro atoms. The molecule has 0 aliphatic rings. The van der Waals surface area contributed by atoms with Crippen LogP contribution in [0.25, 0.3) is 0 Å². The zero-order chi connectivity index (χ0) is 10.6. The van der Waals surface area contributed by atoms with Crippen molar-refractivity contribution in [2.45, 2.75) is 25.8 Å². The molecule has 0 saturated heterocycles. The summed E-state index contributed by atoms with van der Waals surface area (Å²) in [5, 5.41) is 0.700. The highest BCUT2D eigenvalue weighted by molar-refractivity contribution is 6.30. The first-order valence-corrected chi connectivity index (χ1v) is 5.09. The fraction of sp³-hybridized carbons (Fsp3) is 0.455. The van der Waals surface area contributed by atoms with Crippen LogP contribution in [0.3, 0.4) is 0 Å². The van der Waals surface area contributed by atoms with Gasteiger partial charge in [-0.2, -0.15) is 0 Å². The summed E-state index contributed by atoms with van der Waals surface area (Å²) in [6.45, 7) is 2.00. The summed E-state index contributed by atoms with van der Waals surface area (Å²) in [6.07, 6.45) is 1.88. The summed E-state index contributed by atoms with van der Waals surface area (Å²) < 4.78 is 5.23. The number of hydrogen-bond acceptors (Lipinski definition) is 2. The SMILES string of the molecule is COc1cc(Cl)ccc1CCC(C)N. The summed E-state index contributed by atoms with van der Waals surface area (Å²) in [7, 11) is 1.65. The Balaban J connectivity index is 2.75. The van der Waals surface area contributed by atoms with E-state index in [2.05, 4.69) is 0 Å². The summed E-state index contributed by atoms with van der Waals surface area (Å²) in [6, 6.07) is 5.91. The smallest absolute Gasteiger partial charge is 0.123 e. The molecule has 1 aromatic rings. The first kappa shape index (κ1) is 11.3. The number of benzene rings is 1. The van der Waals surface area contributed by atoms with Crippen molar-refractivity contribution < 1.29 is 4.74 Å². The fourth-order valence-electron chi connectivity index (χ4n) is 1.31. The van der Waals surface area contributed by atoms with Crippen LogP contribution < -0.4 is 10.5 Å². The molecule has 1 rings (SSSR count). The first-order chi connectivity index (χ1) is 6.63. The molecule has 0 fully saturated rings. The number of nitrogens with two attached hydrogens (primary N) is 1. The Kier molecular flexibility index (Phi) is 4.23. The second-order valence-electron chi connectivity index (χ2n) is 3.47. The Labute approximate surface area is 90.0 Å². The van der Waals surface area contributed by atoms with Gasteiger partial charge in [-0.15, -0.1) is 0 Å². The minimum atomic E-state index is 0.218. The quantitative estimate of drug-likeness (QED) is 0.835. The van der Waals surface area contributed by atoms with E-state index in [0.717, 1.165) is 24.2 Å². The second-order valence-corrected chi connectivity index (χ2v) is 3.91. The Morgan fingerprint density at radius 2 is 2.21 bits per heavy atom. The standard InChI is InChI=1S/C11H16ClNO/c1-8(13)3-4-9-5-6-10(12)7-11(9)14-2/h5-8H,3-4,13H2,1-2H3. The molecule has 3 heteroatoms. The zero-order valence-corrected chi connectivity index (χ0v) is 9.34. The molecule has 2 N–H and O–H groups in total. The summed E-state index contributed by atoms with van der Waals surface area (Å²) >= 11 is 5.85. The van der Waals surface area contributed by atoms with E-state index >= 15 is 0 Å². The van der Waals surface area contributed by atoms with E-state index in [-0.39, 0.29) is 6.04 Å². The van der Waals surface area contributed by atoms with Crippen molar-refractivity contribution in [2.75, 3.05) is 7.11 Å². The van der Waals surface area contributed by atoms with E-state index in [1.807, 2.05) is 25.1 Å². The average molecular weight is 214 g/mol. The highest BCUT2D eigenvalue weighted by Gasteiger charge is 2.04. The molecule has 0 heterocycles. The van der Waals surface area contributed by atoms with Crippen LogP contribution in [0.4, 0.5) is 0 Å². The van der Waals surface area contributed by atoms with E-state index in [0.29, 0.717) is 5.02 Å². The third-order valence-corrected chi connectivity index (χ3v) is 2.35. The van der Waals surface area contributed by atoms with Gasteiger partial charge >= 0.3 is 0 Å².